The number of nitrogens with one attached hydrogen (secondary N) is 1. The van der Waals surface area contributed by atoms with E-state index in [4.69, 9.17) is 0 Å². The molecule has 0 saturated heterocycles. The minimum absolute atomic E-state index is 0.0145. The Bertz CT molecular complexity index is 597. The van der Waals surface area contributed by atoms with Crippen molar-refractivity contribution in [2.24, 2.45) is 17.8 Å². The zero-order valence-corrected chi connectivity index (χ0v) is 17.0. The van der Waals surface area contributed by atoms with Crippen molar-refractivity contribution in [3.05, 3.63) is 42.0 Å². The van der Waals surface area contributed by atoms with Gasteiger partial charge in [0.25, 0.3) is 0 Å². The molecule has 0 unspecified atom stereocenters. The molecule has 0 radical (unpaired) electrons. The number of nitrogens with zero attached hydrogens (tertiary/aromatic N) is 2. The van der Waals surface area contributed by atoms with E-state index in [-0.39, 0.29) is 6.03 Å². The first-order valence-corrected chi connectivity index (χ1v) is 9.79. The number of carbonyl (C=O) groups is 1. The highest BCUT2D eigenvalue weighted by Gasteiger charge is 2.30. The second-order valence-corrected chi connectivity index (χ2v) is 8.12. The highest BCUT2D eigenvalue weighted by atomic mass is 16.2. The summed E-state index contributed by atoms with van der Waals surface area (Å²) in [5.41, 5.74) is 2.34. The summed E-state index contributed by atoms with van der Waals surface area (Å²) in [6, 6.07) is 9.75. The summed E-state index contributed by atoms with van der Waals surface area (Å²) in [4.78, 5) is 17.1. The topological polar surface area (TPSA) is 35.6 Å². The molecule has 4 nitrogen and oxygen atoms in total. The van der Waals surface area contributed by atoms with E-state index in [1.54, 1.807) is 0 Å². The Kier molecular flexibility index (Phi) is 7.70. The van der Waals surface area contributed by atoms with E-state index in [1.807, 2.05) is 35.2 Å². The standard InChI is InChI=1S/C22H35N3O/c1-17-14-18(2)21(19(3)15-17)16-25(13-9-12-24(4)5)22(26)23-20-10-7-6-8-11-20/h6-8,10-11,14,18-19,21H,9,12-13,15-16H2,1-5H3,(H,23,26)/t18-,19+,21+/m1/s1. The fourth-order valence-corrected chi connectivity index (χ4v) is 4.00. The third-order valence-corrected chi connectivity index (χ3v) is 5.37. The monoisotopic (exact) mass is 357 g/mol. The molecule has 4 heteroatoms. The van der Waals surface area contributed by atoms with Crippen molar-refractivity contribution in [2.45, 2.75) is 33.6 Å². The van der Waals surface area contributed by atoms with E-state index in [0.29, 0.717) is 17.8 Å². The van der Waals surface area contributed by atoms with Gasteiger partial charge in [0.1, 0.15) is 0 Å². The molecule has 0 saturated carbocycles. The van der Waals surface area contributed by atoms with Crippen LogP contribution in [0.1, 0.15) is 33.6 Å². The number of hydrogen-bond acceptors (Lipinski definition) is 2. The number of anilines is 1. The highest BCUT2D eigenvalue weighted by Crippen LogP contribution is 2.34. The number of hydrogen-bond donors (Lipinski definition) is 1. The molecule has 1 aliphatic carbocycles. The van der Waals surface area contributed by atoms with Crippen molar-refractivity contribution in [3.8, 4) is 0 Å². The second kappa shape index (κ2) is 9.77. The van der Waals surface area contributed by atoms with Crippen LogP contribution in [0.2, 0.25) is 0 Å². The molecule has 0 heterocycles. The molecular weight excluding hydrogens is 322 g/mol. The smallest absolute Gasteiger partial charge is 0.321 e. The number of para-hydroxylation sites is 1. The van der Waals surface area contributed by atoms with Gasteiger partial charge in [0.15, 0.2) is 0 Å². The van der Waals surface area contributed by atoms with Crippen LogP contribution in [0, 0.1) is 17.8 Å². The molecule has 0 fully saturated rings. The predicted octanol–water partition coefficient (Wildman–Crippen LogP) is 4.71. The lowest BCUT2D eigenvalue weighted by Gasteiger charge is -2.37. The van der Waals surface area contributed by atoms with Gasteiger partial charge in [-0.3, -0.25) is 0 Å². The maximum atomic E-state index is 12.9. The minimum atomic E-state index is 0.0145. The molecule has 2 amide bonds. The van der Waals surface area contributed by atoms with Crippen LogP contribution < -0.4 is 5.32 Å². The predicted molar refractivity (Wildman–Crippen MR) is 110 cm³/mol. The Balaban J connectivity index is 2.06. The van der Waals surface area contributed by atoms with Crippen LogP contribution >= 0.6 is 0 Å². The Morgan fingerprint density at radius 2 is 1.85 bits per heavy atom. The third kappa shape index (κ3) is 6.17. The normalized spacial score (nSPS) is 22.8. The fourth-order valence-electron chi connectivity index (χ4n) is 4.00. The summed E-state index contributed by atoms with van der Waals surface area (Å²) in [5, 5.41) is 3.07. The van der Waals surface area contributed by atoms with Gasteiger partial charge >= 0.3 is 6.03 Å². The largest absolute Gasteiger partial charge is 0.324 e. The molecule has 0 bridgehead atoms. The zero-order valence-electron chi connectivity index (χ0n) is 17.0. The van der Waals surface area contributed by atoms with Crippen LogP contribution in [0.15, 0.2) is 42.0 Å². The molecular formula is C22H35N3O. The van der Waals surface area contributed by atoms with E-state index >= 15 is 0 Å². The van der Waals surface area contributed by atoms with Gasteiger partial charge in [-0.25, -0.2) is 4.79 Å². The first kappa shape index (κ1) is 20.5. The molecule has 1 aromatic carbocycles. The Morgan fingerprint density at radius 1 is 1.15 bits per heavy atom. The lowest BCUT2D eigenvalue weighted by molar-refractivity contribution is 0.165. The van der Waals surface area contributed by atoms with Gasteiger partial charge in [-0.05, 0) is 70.3 Å². The SMILES string of the molecule is CC1=C[C@@H](C)[C@H](CN(CCCN(C)C)C(=O)Nc2ccccc2)[C@@H](C)C1. The summed E-state index contributed by atoms with van der Waals surface area (Å²) in [5.74, 6) is 1.63. The lowest BCUT2D eigenvalue weighted by Crippen LogP contribution is -2.43. The summed E-state index contributed by atoms with van der Waals surface area (Å²) in [7, 11) is 4.15. The quantitative estimate of drug-likeness (QED) is 0.717. The Labute approximate surface area is 159 Å². The number of allylic oxidation sites excluding steroid dienone is 2. The molecule has 0 aliphatic heterocycles. The fraction of sp³-hybridized carbons (Fsp3) is 0.591. The van der Waals surface area contributed by atoms with Gasteiger partial charge in [-0.2, -0.15) is 0 Å². The van der Waals surface area contributed by atoms with Gasteiger partial charge < -0.3 is 15.1 Å². The maximum absolute atomic E-state index is 12.9. The van der Waals surface area contributed by atoms with Crippen molar-refractivity contribution >= 4 is 11.7 Å². The van der Waals surface area contributed by atoms with E-state index in [9.17, 15) is 4.79 Å². The number of carbonyl (C=O) groups excluding carboxylic acids is 1. The number of amides is 2. The average molecular weight is 358 g/mol. The molecule has 2 rings (SSSR count). The minimum Gasteiger partial charge on any atom is -0.324 e. The average Bonchev–Trinajstić information content (AvgIpc) is 2.56. The summed E-state index contributed by atoms with van der Waals surface area (Å²) in [6.45, 7) is 9.43. The molecule has 144 valence electrons. The van der Waals surface area contributed by atoms with Crippen LogP contribution in [0.25, 0.3) is 0 Å². The van der Waals surface area contributed by atoms with Crippen LogP contribution in [0.3, 0.4) is 0 Å². The molecule has 26 heavy (non-hydrogen) atoms. The highest BCUT2D eigenvalue weighted by molar-refractivity contribution is 5.89. The van der Waals surface area contributed by atoms with Crippen molar-refractivity contribution < 1.29 is 4.79 Å². The molecule has 1 aromatic rings. The third-order valence-electron chi connectivity index (χ3n) is 5.37. The second-order valence-electron chi connectivity index (χ2n) is 8.12. The number of rotatable bonds is 7. The van der Waals surface area contributed by atoms with E-state index in [1.165, 1.54) is 5.57 Å². The number of urea groups is 1. The summed E-state index contributed by atoms with van der Waals surface area (Å²) >= 11 is 0. The first-order chi connectivity index (χ1) is 12.4. The van der Waals surface area contributed by atoms with Gasteiger partial charge in [0.05, 0.1) is 0 Å². The van der Waals surface area contributed by atoms with Gasteiger partial charge in [0.2, 0.25) is 0 Å². The van der Waals surface area contributed by atoms with E-state index in [2.05, 4.69) is 51.2 Å². The van der Waals surface area contributed by atoms with Gasteiger partial charge in [-0.1, -0.05) is 43.7 Å². The van der Waals surface area contributed by atoms with Crippen molar-refractivity contribution in [3.63, 3.8) is 0 Å². The maximum Gasteiger partial charge on any atom is 0.321 e. The zero-order chi connectivity index (χ0) is 19.1. The molecule has 0 spiro atoms. The summed E-state index contributed by atoms with van der Waals surface area (Å²) in [6.07, 6.45) is 4.51. The van der Waals surface area contributed by atoms with Crippen molar-refractivity contribution in [1.29, 1.82) is 0 Å². The van der Waals surface area contributed by atoms with Crippen LogP contribution in [0.4, 0.5) is 10.5 Å². The van der Waals surface area contributed by atoms with E-state index < -0.39 is 0 Å². The molecule has 1 N–H and O–H groups in total. The van der Waals surface area contributed by atoms with Crippen LogP contribution in [-0.2, 0) is 0 Å². The van der Waals surface area contributed by atoms with E-state index in [0.717, 1.165) is 38.2 Å². The Morgan fingerprint density at radius 3 is 2.46 bits per heavy atom. The molecule has 3 atom stereocenters. The molecule has 1 aliphatic rings. The van der Waals surface area contributed by atoms with Crippen LogP contribution in [-0.4, -0.2) is 49.6 Å². The van der Waals surface area contributed by atoms with Crippen molar-refractivity contribution in [2.75, 3.05) is 39.0 Å². The lowest BCUT2D eigenvalue weighted by atomic mass is 9.75. The van der Waals surface area contributed by atoms with Gasteiger partial charge in [-0.15, -0.1) is 0 Å². The van der Waals surface area contributed by atoms with Crippen molar-refractivity contribution in [1.82, 2.24) is 9.80 Å². The Hall–Kier alpha value is -1.81. The van der Waals surface area contributed by atoms with Gasteiger partial charge in [0, 0.05) is 18.8 Å². The molecule has 0 aromatic heterocycles. The summed E-state index contributed by atoms with van der Waals surface area (Å²) < 4.78 is 0. The first-order valence-electron chi connectivity index (χ1n) is 9.79. The number of benzene rings is 1. The van der Waals surface area contributed by atoms with Crippen LogP contribution in [0.5, 0.6) is 0 Å².